The van der Waals surface area contributed by atoms with Crippen LogP contribution in [0.25, 0.3) is 16.6 Å². The molecule has 2 amide bonds. The average molecular weight is 373 g/mol. The Morgan fingerprint density at radius 2 is 1.88 bits per heavy atom. The molecule has 9 heteroatoms. The molecule has 0 saturated carbocycles. The number of amides is 2. The summed E-state index contributed by atoms with van der Waals surface area (Å²) in [6, 6.07) is 14.7. The molecule has 0 saturated heterocycles. The van der Waals surface area contributed by atoms with E-state index < -0.39 is 16.1 Å². The third-order valence-corrected chi connectivity index (χ3v) is 4.65. The van der Waals surface area contributed by atoms with Crippen LogP contribution in [0.2, 0.25) is 0 Å². The number of primary sulfonamides is 1. The number of anilines is 1. The number of para-hydroxylation sites is 1. The largest absolute Gasteiger partial charge is 0.327 e. The Balaban J connectivity index is 1.69. The summed E-state index contributed by atoms with van der Waals surface area (Å²) in [5, 5.41) is 13.1. The molecule has 0 spiro atoms. The van der Waals surface area contributed by atoms with Gasteiger partial charge in [-0.3, -0.25) is 0 Å². The average Bonchev–Trinajstić information content (AvgIpc) is 3.04. The summed E-state index contributed by atoms with van der Waals surface area (Å²) in [5.74, 6) is -0.289. The molecule has 0 atom stereocenters. The fourth-order valence-electron chi connectivity index (χ4n) is 2.45. The van der Waals surface area contributed by atoms with Crippen molar-refractivity contribution in [1.29, 1.82) is 0 Å². The van der Waals surface area contributed by atoms with Gasteiger partial charge in [-0.2, -0.15) is 5.10 Å². The van der Waals surface area contributed by atoms with Crippen LogP contribution in [0.3, 0.4) is 0 Å². The lowest BCUT2D eigenvalue weighted by Crippen LogP contribution is -2.36. The monoisotopic (exact) mass is 373 g/mol. The minimum atomic E-state index is -3.61. The van der Waals surface area contributed by atoms with Crippen LogP contribution < -0.4 is 10.5 Å². The molecule has 0 aliphatic carbocycles. The molecular formula is C17H19N5O3S. The number of nitrogens with two attached hydrogens (primary N) is 1. The molecule has 2 aromatic carbocycles. The van der Waals surface area contributed by atoms with Crippen LogP contribution in [0.15, 0.2) is 54.7 Å². The van der Waals surface area contributed by atoms with Gasteiger partial charge < -0.3 is 10.2 Å². The summed E-state index contributed by atoms with van der Waals surface area (Å²) in [6.45, 7) is 0.0159. The minimum Gasteiger partial charge on any atom is -0.327 e. The van der Waals surface area contributed by atoms with Crippen molar-refractivity contribution < 1.29 is 13.2 Å². The number of rotatable bonds is 5. The number of hydrogen-bond donors (Lipinski definition) is 2. The van der Waals surface area contributed by atoms with Crippen LogP contribution in [-0.4, -0.2) is 48.5 Å². The number of carbonyl (C=O) groups is 1. The third-order valence-electron chi connectivity index (χ3n) is 3.90. The van der Waals surface area contributed by atoms with Gasteiger partial charge in [-0.25, -0.2) is 23.0 Å². The Hall–Kier alpha value is -2.91. The van der Waals surface area contributed by atoms with Gasteiger partial charge in [0.2, 0.25) is 10.0 Å². The molecule has 136 valence electrons. The molecule has 3 N–H and O–H groups in total. The molecule has 1 heterocycles. The summed E-state index contributed by atoms with van der Waals surface area (Å²) in [4.78, 5) is 13.3. The van der Waals surface area contributed by atoms with Crippen molar-refractivity contribution in [2.45, 2.75) is 0 Å². The second kappa shape index (κ2) is 7.14. The van der Waals surface area contributed by atoms with Crippen LogP contribution >= 0.6 is 0 Å². The van der Waals surface area contributed by atoms with Crippen LogP contribution in [0, 0.1) is 0 Å². The quantitative estimate of drug-likeness (QED) is 0.710. The lowest BCUT2D eigenvalue weighted by atomic mass is 10.2. The zero-order chi connectivity index (χ0) is 18.7. The molecule has 0 bridgehead atoms. The fraction of sp³-hybridized carbons (Fsp3) is 0.176. The predicted octanol–water partition coefficient (Wildman–Crippen LogP) is 1.78. The van der Waals surface area contributed by atoms with E-state index in [4.69, 9.17) is 5.14 Å². The number of benzene rings is 2. The number of sulfonamides is 1. The summed E-state index contributed by atoms with van der Waals surface area (Å²) in [5.41, 5.74) is 2.46. The fourth-order valence-corrected chi connectivity index (χ4v) is 2.98. The maximum Gasteiger partial charge on any atom is 0.321 e. The van der Waals surface area contributed by atoms with Gasteiger partial charge in [0.15, 0.2) is 0 Å². The molecule has 26 heavy (non-hydrogen) atoms. The highest BCUT2D eigenvalue weighted by Gasteiger charge is 2.12. The Morgan fingerprint density at radius 1 is 1.19 bits per heavy atom. The summed E-state index contributed by atoms with van der Waals surface area (Å²) in [7, 11) is -2.10. The lowest BCUT2D eigenvalue weighted by Gasteiger charge is -2.17. The number of urea groups is 1. The van der Waals surface area contributed by atoms with Gasteiger partial charge in [0.05, 0.1) is 23.2 Å². The third kappa shape index (κ3) is 4.19. The van der Waals surface area contributed by atoms with Gasteiger partial charge >= 0.3 is 6.03 Å². The first-order valence-corrected chi connectivity index (χ1v) is 9.61. The summed E-state index contributed by atoms with van der Waals surface area (Å²) >= 11 is 0. The highest BCUT2D eigenvalue weighted by molar-refractivity contribution is 7.89. The number of aromatic nitrogens is 2. The van der Waals surface area contributed by atoms with E-state index in [1.807, 2.05) is 41.1 Å². The lowest BCUT2D eigenvalue weighted by molar-refractivity contribution is 0.225. The highest BCUT2D eigenvalue weighted by Crippen LogP contribution is 2.19. The van der Waals surface area contributed by atoms with Crippen molar-refractivity contribution in [3.8, 4) is 5.69 Å². The van der Waals surface area contributed by atoms with Crippen molar-refractivity contribution >= 4 is 32.6 Å². The summed E-state index contributed by atoms with van der Waals surface area (Å²) < 4.78 is 23.8. The van der Waals surface area contributed by atoms with Gasteiger partial charge in [-0.15, -0.1) is 0 Å². The van der Waals surface area contributed by atoms with Gasteiger partial charge in [0.25, 0.3) is 0 Å². The zero-order valence-corrected chi connectivity index (χ0v) is 15.0. The molecule has 3 aromatic rings. The maximum absolute atomic E-state index is 12.1. The van der Waals surface area contributed by atoms with Gasteiger partial charge in [0, 0.05) is 24.7 Å². The van der Waals surface area contributed by atoms with Gasteiger partial charge in [-0.05, 0) is 30.3 Å². The molecule has 0 unspecified atom stereocenters. The van der Waals surface area contributed by atoms with Crippen LogP contribution in [0.5, 0.6) is 0 Å². The Bertz CT molecular complexity index is 1030. The van der Waals surface area contributed by atoms with Gasteiger partial charge in [0.1, 0.15) is 0 Å². The Labute approximate surface area is 151 Å². The molecule has 0 fully saturated rings. The van der Waals surface area contributed by atoms with E-state index in [9.17, 15) is 13.2 Å². The summed E-state index contributed by atoms with van der Waals surface area (Å²) in [6.07, 6.45) is 1.80. The predicted molar refractivity (Wildman–Crippen MR) is 101 cm³/mol. The molecule has 8 nitrogen and oxygen atoms in total. The van der Waals surface area contributed by atoms with Crippen LogP contribution in [-0.2, 0) is 10.0 Å². The molecule has 0 radical (unpaired) electrons. The van der Waals surface area contributed by atoms with Crippen molar-refractivity contribution in [2.75, 3.05) is 24.7 Å². The van der Waals surface area contributed by atoms with E-state index in [0.29, 0.717) is 5.69 Å². The van der Waals surface area contributed by atoms with Crippen LogP contribution in [0.4, 0.5) is 10.5 Å². The molecule has 0 aliphatic heterocycles. The standard InChI is InChI=1S/C17H19N5O3S/c1-21(10-11-26(18,24)25)17(23)20-14-6-8-15(9-7-14)22-16-5-3-2-4-13(16)12-19-22/h2-9,12H,10-11H2,1H3,(H,20,23)(H2,18,24,25). The molecule has 0 aliphatic rings. The molecule has 3 rings (SSSR count). The first-order valence-electron chi connectivity index (χ1n) is 7.89. The number of nitrogens with one attached hydrogen (secondary N) is 1. The molecular weight excluding hydrogens is 354 g/mol. The van der Waals surface area contributed by atoms with Crippen molar-refractivity contribution in [1.82, 2.24) is 14.7 Å². The van der Waals surface area contributed by atoms with Crippen LogP contribution in [0.1, 0.15) is 0 Å². The molecule has 1 aromatic heterocycles. The zero-order valence-electron chi connectivity index (χ0n) is 14.2. The van der Waals surface area contributed by atoms with Crippen molar-refractivity contribution in [3.63, 3.8) is 0 Å². The SMILES string of the molecule is CN(CCS(N)(=O)=O)C(=O)Nc1ccc(-n2ncc3ccccc32)cc1. The van der Waals surface area contributed by atoms with E-state index in [-0.39, 0.29) is 12.3 Å². The maximum atomic E-state index is 12.1. The Kier molecular flexibility index (Phi) is 4.92. The van der Waals surface area contributed by atoms with E-state index >= 15 is 0 Å². The highest BCUT2D eigenvalue weighted by atomic mass is 32.2. The normalized spacial score (nSPS) is 11.5. The second-order valence-electron chi connectivity index (χ2n) is 5.88. The van der Waals surface area contributed by atoms with Crippen molar-refractivity contribution in [2.24, 2.45) is 5.14 Å². The number of fused-ring (bicyclic) bond motifs is 1. The first kappa shape index (κ1) is 17.9. The smallest absolute Gasteiger partial charge is 0.321 e. The first-order chi connectivity index (χ1) is 12.3. The number of carbonyl (C=O) groups excluding carboxylic acids is 1. The van der Waals surface area contributed by atoms with E-state index in [1.54, 1.807) is 18.3 Å². The van der Waals surface area contributed by atoms with E-state index in [2.05, 4.69) is 10.4 Å². The van der Waals surface area contributed by atoms with Crippen molar-refractivity contribution in [3.05, 3.63) is 54.7 Å². The minimum absolute atomic E-state index is 0.0159. The number of hydrogen-bond acceptors (Lipinski definition) is 4. The van der Waals surface area contributed by atoms with E-state index in [0.717, 1.165) is 16.6 Å². The Morgan fingerprint density at radius 3 is 2.58 bits per heavy atom. The number of nitrogens with zero attached hydrogens (tertiary/aromatic N) is 3. The van der Waals surface area contributed by atoms with Gasteiger partial charge in [-0.1, -0.05) is 18.2 Å². The second-order valence-corrected chi connectivity index (χ2v) is 7.61. The van der Waals surface area contributed by atoms with E-state index in [1.165, 1.54) is 11.9 Å². The topological polar surface area (TPSA) is 110 Å².